The predicted octanol–water partition coefficient (Wildman–Crippen LogP) is 3.72. The van der Waals surface area contributed by atoms with Gasteiger partial charge in [0.2, 0.25) is 5.91 Å². The van der Waals surface area contributed by atoms with Crippen LogP contribution in [0.15, 0.2) is 60.0 Å². The highest BCUT2D eigenvalue weighted by atomic mass is 32.1. The summed E-state index contributed by atoms with van der Waals surface area (Å²) in [5.41, 5.74) is 3.19. The van der Waals surface area contributed by atoms with Gasteiger partial charge in [-0.05, 0) is 44.2 Å². The summed E-state index contributed by atoms with van der Waals surface area (Å²) in [6.07, 6.45) is 1.78. The van der Waals surface area contributed by atoms with Crippen LogP contribution in [0.4, 0.5) is 4.79 Å². The van der Waals surface area contributed by atoms with E-state index in [-0.39, 0.29) is 18.4 Å². The summed E-state index contributed by atoms with van der Waals surface area (Å²) in [7, 11) is 0. The van der Waals surface area contributed by atoms with Gasteiger partial charge in [0, 0.05) is 17.5 Å². The number of imide groups is 1. The fourth-order valence-corrected chi connectivity index (χ4v) is 4.61. The van der Waals surface area contributed by atoms with Gasteiger partial charge in [-0.25, -0.2) is 9.78 Å². The Morgan fingerprint density at radius 1 is 1.06 bits per heavy atom. The zero-order chi connectivity index (χ0) is 24.1. The van der Waals surface area contributed by atoms with Gasteiger partial charge in [-0.15, -0.1) is 11.3 Å². The third-order valence-electron chi connectivity index (χ3n) is 6.01. The number of nitrogens with zero attached hydrogens (tertiary/aromatic N) is 2. The van der Waals surface area contributed by atoms with Crippen LogP contribution in [0.2, 0.25) is 0 Å². The van der Waals surface area contributed by atoms with Gasteiger partial charge >= 0.3 is 6.03 Å². The number of rotatable bonds is 9. The second kappa shape index (κ2) is 10.2. The lowest BCUT2D eigenvalue weighted by molar-refractivity contribution is -0.134. The number of benzene rings is 2. The molecule has 1 saturated heterocycles. The molecule has 0 saturated carbocycles. The standard InChI is InChI=1S/C26H28N4O3S/c1-18-28-22(17-34-18)21-10-8-20(9-11-21)13-15-27-23(31)16-30-24(32)26(2,29-25(30)33)14-12-19-6-4-3-5-7-19/h3-11,17H,12-16H2,1-2H3,(H,27,31)(H,29,33). The molecule has 0 spiro atoms. The van der Waals surface area contributed by atoms with E-state index in [1.807, 2.05) is 66.9 Å². The second-order valence-electron chi connectivity index (χ2n) is 8.69. The number of hydrogen-bond donors (Lipinski definition) is 2. The Kier molecular flexibility index (Phi) is 7.07. The van der Waals surface area contributed by atoms with Crippen LogP contribution in [0.5, 0.6) is 0 Å². The molecule has 1 aliphatic heterocycles. The summed E-state index contributed by atoms with van der Waals surface area (Å²) in [5, 5.41) is 8.64. The number of aryl methyl sites for hydroxylation is 2. The summed E-state index contributed by atoms with van der Waals surface area (Å²) in [6.45, 7) is 3.83. The zero-order valence-corrected chi connectivity index (χ0v) is 20.2. The van der Waals surface area contributed by atoms with Crippen LogP contribution in [0.3, 0.4) is 0 Å². The van der Waals surface area contributed by atoms with Crippen molar-refractivity contribution >= 4 is 29.2 Å². The van der Waals surface area contributed by atoms with Crippen molar-refractivity contribution in [3.8, 4) is 11.3 Å². The second-order valence-corrected chi connectivity index (χ2v) is 9.75. The van der Waals surface area contributed by atoms with Gasteiger partial charge < -0.3 is 10.6 Å². The first-order chi connectivity index (χ1) is 16.3. The maximum Gasteiger partial charge on any atom is 0.325 e. The molecule has 4 rings (SSSR count). The number of carbonyl (C=O) groups excluding carboxylic acids is 3. The molecule has 4 amide bonds. The van der Waals surface area contributed by atoms with Gasteiger partial charge in [-0.3, -0.25) is 14.5 Å². The van der Waals surface area contributed by atoms with E-state index in [4.69, 9.17) is 0 Å². The number of hydrogen-bond acceptors (Lipinski definition) is 5. The largest absolute Gasteiger partial charge is 0.354 e. The van der Waals surface area contributed by atoms with Crippen molar-refractivity contribution in [2.45, 2.75) is 38.6 Å². The Labute approximate surface area is 203 Å². The van der Waals surface area contributed by atoms with Crippen LogP contribution in [0.25, 0.3) is 11.3 Å². The molecule has 0 radical (unpaired) electrons. The molecule has 8 heteroatoms. The van der Waals surface area contributed by atoms with Crippen molar-refractivity contribution in [2.24, 2.45) is 0 Å². The fraction of sp³-hybridized carbons (Fsp3) is 0.308. The normalized spacial score (nSPS) is 17.6. The number of amides is 4. The minimum absolute atomic E-state index is 0.284. The molecule has 176 valence electrons. The monoisotopic (exact) mass is 476 g/mol. The van der Waals surface area contributed by atoms with E-state index in [1.54, 1.807) is 18.3 Å². The maximum atomic E-state index is 12.9. The fourth-order valence-electron chi connectivity index (χ4n) is 3.98. The van der Waals surface area contributed by atoms with Crippen molar-refractivity contribution in [1.29, 1.82) is 0 Å². The smallest absolute Gasteiger partial charge is 0.325 e. The van der Waals surface area contributed by atoms with E-state index in [0.29, 0.717) is 25.8 Å². The highest BCUT2D eigenvalue weighted by Gasteiger charge is 2.47. The number of nitrogens with one attached hydrogen (secondary N) is 2. The van der Waals surface area contributed by atoms with Crippen LogP contribution >= 0.6 is 11.3 Å². The van der Waals surface area contributed by atoms with Gasteiger partial charge in [0.15, 0.2) is 0 Å². The Morgan fingerprint density at radius 2 is 1.76 bits per heavy atom. The van der Waals surface area contributed by atoms with Gasteiger partial charge in [0.05, 0.1) is 10.7 Å². The molecule has 2 aromatic carbocycles. The Hall–Kier alpha value is -3.52. The molecular weight excluding hydrogens is 448 g/mol. The SMILES string of the molecule is Cc1nc(-c2ccc(CCNC(=O)CN3C(=O)NC(C)(CCc4ccccc4)C3=O)cc2)cs1. The Balaban J connectivity index is 1.25. The summed E-state index contributed by atoms with van der Waals surface area (Å²) < 4.78 is 0. The van der Waals surface area contributed by atoms with Crippen molar-refractivity contribution in [3.63, 3.8) is 0 Å². The number of carbonyl (C=O) groups is 3. The molecule has 1 fully saturated rings. The molecule has 1 aromatic heterocycles. The summed E-state index contributed by atoms with van der Waals surface area (Å²) in [5.74, 6) is -0.721. The van der Waals surface area contributed by atoms with Gasteiger partial charge in [0.1, 0.15) is 12.1 Å². The summed E-state index contributed by atoms with van der Waals surface area (Å²) in [6, 6.07) is 17.4. The molecule has 2 heterocycles. The molecule has 0 bridgehead atoms. The Morgan fingerprint density at radius 3 is 2.44 bits per heavy atom. The van der Waals surface area contributed by atoms with Crippen molar-refractivity contribution in [3.05, 3.63) is 76.1 Å². The van der Waals surface area contributed by atoms with Crippen LogP contribution in [-0.2, 0) is 22.4 Å². The molecule has 1 atom stereocenters. The molecule has 0 aliphatic carbocycles. The molecule has 34 heavy (non-hydrogen) atoms. The maximum absolute atomic E-state index is 12.9. The molecule has 7 nitrogen and oxygen atoms in total. The highest BCUT2D eigenvalue weighted by Crippen LogP contribution is 2.24. The molecule has 1 aliphatic rings. The molecule has 3 aromatic rings. The summed E-state index contributed by atoms with van der Waals surface area (Å²) >= 11 is 1.62. The molecule has 1 unspecified atom stereocenters. The average Bonchev–Trinajstić information content (AvgIpc) is 3.36. The van der Waals surface area contributed by atoms with Gasteiger partial charge in [0.25, 0.3) is 5.91 Å². The molecule has 2 N–H and O–H groups in total. The zero-order valence-electron chi connectivity index (χ0n) is 19.3. The molecular formula is C26H28N4O3S. The van der Waals surface area contributed by atoms with Crippen molar-refractivity contribution in [2.75, 3.05) is 13.1 Å². The lowest BCUT2D eigenvalue weighted by atomic mass is 9.93. The predicted molar refractivity (Wildman–Crippen MR) is 132 cm³/mol. The first-order valence-electron chi connectivity index (χ1n) is 11.3. The van der Waals surface area contributed by atoms with E-state index in [0.717, 1.165) is 32.3 Å². The van der Waals surface area contributed by atoms with E-state index in [9.17, 15) is 14.4 Å². The van der Waals surface area contributed by atoms with Crippen LogP contribution < -0.4 is 10.6 Å². The minimum Gasteiger partial charge on any atom is -0.354 e. The lowest BCUT2D eigenvalue weighted by Gasteiger charge is -2.21. The Bertz CT molecular complexity index is 1180. The number of urea groups is 1. The topological polar surface area (TPSA) is 91.4 Å². The average molecular weight is 477 g/mol. The minimum atomic E-state index is -1.01. The first-order valence-corrected chi connectivity index (χ1v) is 12.2. The quantitative estimate of drug-likeness (QED) is 0.461. The van der Waals surface area contributed by atoms with Crippen LogP contribution in [0.1, 0.15) is 29.5 Å². The van der Waals surface area contributed by atoms with Crippen LogP contribution in [-0.4, -0.2) is 46.4 Å². The number of aromatic nitrogens is 1. The third kappa shape index (κ3) is 5.51. The third-order valence-corrected chi connectivity index (χ3v) is 6.78. The van der Waals surface area contributed by atoms with E-state index < -0.39 is 11.6 Å². The van der Waals surface area contributed by atoms with Crippen LogP contribution in [0, 0.1) is 6.92 Å². The lowest BCUT2D eigenvalue weighted by Crippen LogP contribution is -2.45. The van der Waals surface area contributed by atoms with Gasteiger partial charge in [-0.1, -0.05) is 54.6 Å². The van der Waals surface area contributed by atoms with Crippen molar-refractivity contribution < 1.29 is 14.4 Å². The van der Waals surface area contributed by atoms with Crippen molar-refractivity contribution in [1.82, 2.24) is 20.5 Å². The summed E-state index contributed by atoms with van der Waals surface area (Å²) in [4.78, 5) is 43.2. The van der Waals surface area contributed by atoms with E-state index >= 15 is 0 Å². The first kappa shape index (κ1) is 23.6. The van der Waals surface area contributed by atoms with E-state index in [2.05, 4.69) is 15.6 Å². The number of thiazole rings is 1. The van der Waals surface area contributed by atoms with E-state index in [1.165, 1.54) is 0 Å². The van der Waals surface area contributed by atoms with Gasteiger partial charge in [-0.2, -0.15) is 0 Å². The highest BCUT2D eigenvalue weighted by molar-refractivity contribution is 7.09.